The Bertz CT molecular complexity index is 953. The second-order valence-corrected chi connectivity index (χ2v) is 7.87. The average Bonchev–Trinajstić information content (AvgIpc) is 2.67. The Morgan fingerprint density at radius 1 is 1.11 bits per heavy atom. The van der Waals surface area contributed by atoms with Gasteiger partial charge in [-0.1, -0.05) is 23.2 Å². The lowest BCUT2D eigenvalue weighted by molar-refractivity contribution is -0.119. The van der Waals surface area contributed by atoms with Crippen LogP contribution in [-0.2, 0) is 14.8 Å². The number of methoxy groups -OCH3 is 2. The van der Waals surface area contributed by atoms with Crippen molar-refractivity contribution in [2.75, 3.05) is 25.1 Å². The highest BCUT2D eigenvalue weighted by Gasteiger charge is 2.30. The molecule has 0 saturated carbocycles. The molecular formula is C16H17Cl2N3O5S. The van der Waals surface area contributed by atoms with E-state index in [0.29, 0.717) is 5.75 Å². The summed E-state index contributed by atoms with van der Waals surface area (Å²) in [6, 6.07) is 8.32. The van der Waals surface area contributed by atoms with Gasteiger partial charge in [-0.2, -0.15) is 0 Å². The predicted octanol–water partition coefficient (Wildman–Crippen LogP) is 2.20. The largest absolute Gasteiger partial charge is 0.497 e. The summed E-state index contributed by atoms with van der Waals surface area (Å²) in [5, 5.41) is 0.256. The van der Waals surface area contributed by atoms with Gasteiger partial charge in [0.1, 0.15) is 18.0 Å². The van der Waals surface area contributed by atoms with Gasteiger partial charge in [0, 0.05) is 6.07 Å². The fourth-order valence-corrected chi connectivity index (χ4v) is 4.05. The Morgan fingerprint density at radius 2 is 1.81 bits per heavy atom. The zero-order chi connectivity index (χ0) is 20.2. The number of nitrogens with one attached hydrogen (secondary N) is 1. The van der Waals surface area contributed by atoms with Crippen molar-refractivity contribution in [3.05, 3.63) is 46.4 Å². The maximum absolute atomic E-state index is 13.2. The fraction of sp³-hybridized carbons (Fsp3) is 0.188. The molecule has 27 heavy (non-hydrogen) atoms. The van der Waals surface area contributed by atoms with Gasteiger partial charge < -0.3 is 9.47 Å². The van der Waals surface area contributed by atoms with Gasteiger partial charge in [-0.15, -0.1) is 0 Å². The number of halogens is 2. The molecule has 2 aromatic rings. The lowest BCUT2D eigenvalue weighted by Crippen LogP contribution is -2.43. The lowest BCUT2D eigenvalue weighted by Gasteiger charge is -2.25. The molecule has 1 amide bonds. The second-order valence-electron chi connectivity index (χ2n) is 5.19. The van der Waals surface area contributed by atoms with Gasteiger partial charge in [-0.3, -0.25) is 14.5 Å². The van der Waals surface area contributed by atoms with Gasteiger partial charge >= 0.3 is 0 Å². The molecule has 0 radical (unpaired) electrons. The van der Waals surface area contributed by atoms with E-state index in [0.717, 1.165) is 4.31 Å². The van der Waals surface area contributed by atoms with Crippen LogP contribution in [0.2, 0.25) is 10.0 Å². The molecular weight excluding hydrogens is 417 g/mol. The zero-order valence-corrected chi connectivity index (χ0v) is 16.7. The number of benzene rings is 2. The van der Waals surface area contributed by atoms with Crippen LogP contribution in [0.1, 0.15) is 0 Å². The summed E-state index contributed by atoms with van der Waals surface area (Å²) in [5.41, 5.74) is 2.03. The van der Waals surface area contributed by atoms with Crippen molar-refractivity contribution in [2.24, 2.45) is 5.84 Å². The summed E-state index contributed by atoms with van der Waals surface area (Å²) >= 11 is 11.8. The Morgan fingerprint density at radius 3 is 2.37 bits per heavy atom. The molecule has 2 rings (SSSR count). The van der Waals surface area contributed by atoms with E-state index >= 15 is 0 Å². The van der Waals surface area contributed by atoms with Gasteiger partial charge in [0.25, 0.3) is 15.9 Å². The highest BCUT2D eigenvalue weighted by molar-refractivity contribution is 7.92. The third kappa shape index (κ3) is 4.56. The monoisotopic (exact) mass is 433 g/mol. The molecule has 0 aliphatic rings. The Kier molecular flexibility index (Phi) is 6.77. The number of nitrogens with zero attached hydrogens (tertiary/aromatic N) is 1. The van der Waals surface area contributed by atoms with Crippen LogP contribution in [0.4, 0.5) is 5.69 Å². The number of hydrogen-bond acceptors (Lipinski definition) is 6. The van der Waals surface area contributed by atoms with E-state index in [2.05, 4.69) is 0 Å². The van der Waals surface area contributed by atoms with E-state index in [-0.39, 0.29) is 26.4 Å². The van der Waals surface area contributed by atoms with Crippen molar-refractivity contribution in [1.29, 1.82) is 0 Å². The summed E-state index contributed by atoms with van der Waals surface area (Å²) in [5.74, 6) is 5.04. The number of anilines is 1. The number of carbonyl (C=O) groups excluding carboxylic acids is 1. The molecule has 0 aliphatic carbocycles. The number of hydrazine groups is 1. The first-order valence-electron chi connectivity index (χ1n) is 7.43. The van der Waals surface area contributed by atoms with E-state index in [1.807, 2.05) is 5.43 Å². The average molecular weight is 434 g/mol. The van der Waals surface area contributed by atoms with Crippen molar-refractivity contribution in [1.82, 2.24) is 5.43 Å². The van der Waals surface area contributed by atoms with E-state index in [1.165, 1.54) is 50.6 Å². The molecule has 0 spiro atoms. The van der Waals surface area contributed by atoms with Crippen LogP contribution in [0, 0.1) is 0 Å². The number of amides is 1. The molecule has 146 valence electrons. The molecule has 8 nitrogen and oxygen atoms in total. The topological polar surface area (TPSA) is 111 Å². The molecule has 0 heterocycles. The van der Waals surface area contributed by atoms with Crippen molar-refractivity contribution in [3.63, 3.8) is 0 Å². The summed E-state index contributed by atoms with van der Waals surface area (Å²) in [6.45, 7) is -0.582. The van der Waals surface area contributed by atoms with Crippen LogP contribution in [0.25, 0.3) is 0 Å². The van der Waals surface area contributed by atoms with E-state index in [4.69, 9.17) is 38.5 Å². The number of hydrogen-bond donors (Lipinski definition) is 2. The van der Waals surface area contributed by atoms with E-state index in [1.54, 1.807) is 0 Å². The molecule has 0 atom stereocenters. The highest BCUT2D eigenvalue weighted by atomic mass is 35.5. The normalized spacial score (nSPS) is 11.0. The molecule has 0 saturated heterocycles. The number of carbonyl (C=O) groups is 1. The molecule has 2 aromatic carbocycles. The molecule has 0 aromatic heterocycles. The van der Waals surface area contributed by atoms with Crippen LogP contribution >= 0.6 is 23.2 Å². The molecule has 0 aliphatic heterocycles. The van der Waals surface area contributed by atoms with Crippen molar-refractivity contribution in [3.8, 4) is 11.5 Å². The van der Waals surface area contributed by atoms with Crippen LogP contribution < -0.4 is 25.0 Å². The minimum absolute atomic E-state index is 0.0580. The van der Waals surface area contributed by atoms with Gasteiger partial charge in [0.05, 0.1) is 34.8 Å². The van der Waals surface area contributed by atoms with E-state index < -0.39 is 22.5 Å². The van der Waals surface area contributed by atoms with Crippen molar-refractivity contribution >= 4 is 44.8 Å². The maximum atomic E-state index is 13.2. The SMILES string of the molecule is COc1ccc(N(CC(=O)NN)S(=O)(=O)c2ccc(Cl)c(Cl)c2)c(OC)c1. The van der Waals surface area contributed by atoms with Crippen molar-refractivity contribution < 1.29 is 22.7 Å². The summed E-state index contributed by atoms with van der Waals surface area (Å²) in [6.07, 6.45) is 0. The summed E-state index contributed by atoms with van der Waals surface area (Å²) in [7, 11) is -1.37. The molecule has 0 fully saturated rings. The molecule has 0 bridgehead atoms. The van der Waals surface area contributed by atoms with E-state index in [9.17, 15) is 13.2 Å². The smallest absolute Gasteiger partial charge is 0.264 e. The minimum atomic E-state index is -4.20. The van der Waals surface area contributed by atoms with Gasteiger partial charge in [0.2, 0.25) is 0 Å². The van der Waals surface area contributed by atoms with Crippen LogP contribution in [0.15, 0.2) is 41.3 Å². The number of sulfonamides is 1. The summed E-state index contributed by atoms with van der Waals surface area (Å²) in [4.78, 5) is 11.7. The molecule has 0 unspecified atom stereocenters. The minimum Gasteiger partial charge on any atom is -0.497 e. The lowest BCUT2D eigenvalue weighted by atomic mass is 10.2. The third-order valence-electron chi connectivity index (χ3n) is 3.58. The van der Waals surface area contributed by atoms with Gasteiger partial charge in [-0.25, -0.2) is 14.3 Å². The zero-order valence-electron chi connectivity index (χ0n) is 14.4. The Labute approximate surface area is 166 Å². The summed E-state index contributed by atoms with van der Waals surface area (Å²) < 4.78 is 37.6. The standard InChI is InChI=1S/C16H17Cl2N3O5S/c1-25-10-3-6-14(15(7-10)26-2)21(9-16(22)20-19)27(23,24)11-4-5-12(17)13(18)8-11/h3-8H,9,19H2,1-2H3,(H,20,22). The Hall–Kier alpha value is -2.20. The molecule has 3 N–H and O–H groups in total. The first-order chi connectivity index (χ1) is 12.7. The number of rotatable bonds is 7. The fourth-order valence-electron chi connectivity index (χ4n) is 2.23. The van der Waals surface area contributed by atoms with Crippen LogP contribution in [-0.4, -0.2) is 35.1 Å². The van der Waals surface area contributed by atoms with Crippen LogP contribution in [0.3, 0.4) is 0 Å². The Balaban J connectivity index is 2.64. The third-order valence-corrected chi connectivity index (χ3v) is 6.08. The molecule has 11 heteroatoms. The highest BCUT2D eigenvalue weighted by Crippen LogP contribution is 2.36. The maximum Gasteiger partial charge on any atom is 0.264 e. The number of nitrogens with two attached hydrogens (primary N) is 1. The van der Waals surface area contributed by atoms with Crippen LogP contribution in [0.5, 0.6) is 11.5 Å². The van der Waals surface area contributed by atoms with Gasteiger partial charge in [0.15, 0.2) is 0 Å². The van der Waals surface area contributed by atoms with Crippen molar-refractivity contribution in [2.45, 2.75) is 4.90 Å². The quantitative estimate of drug-likeness (QED) is 0.393. The first kappa shape index (κ1) is 21.1. The second kappa shape index (κ2) is 8.66. The van der Waals surface area contributed by atoms with Gasteiger partial charge in [-0.05, 0) is 30.3 Å². The first-order valence-corrected chi connectivity index (χ1v) is 9.63. The number of ether oxygens (including phenoxy) is 2. The predicted molar refractivity (Wildman–Crippen MR) is 103 cm³/mol.